The van der Waals surface area contributed by atoms with E-state index in [0.717, 1.165) is 0 Å². The quantitative estimate of drug-likeness (QED) is 0.600. The molecule has 78 valence electrons. The first-order valence-electron chi connectivity index (χ1n) is 4.71. The van der Waals surface area contributed by atoms with Gasteiger partial charge in [-0.2, -0.15) is 0 Å². The molecule has 1 aliphatic carbocycles. The largest absolute Gasteiger partial charge is 0.457 e. The van der Waals surface area contributed by atoms with Crippen LogP contribution in [-0.2, 0) is 14.3 Å². The average Bonchev–Trinajstić information content (AvgIpc) is 2.28. The van der Waals surface area contributed by atoms with Crippen LogP contribution < -0.4 is 0 Å². The maximum Gasteiger partial charge on any atom is 0.303 e. The van der Waals surface area contributed by atoms with Crippen molar-refractivity contribution in [1.82, 2.24) is 0 Å². The summed E-state index contributed by atoms with van der Waals surface area (Å²) in [6, 6.07) is 0. The van der Waals surface area contributed by atoms with Crippen LogP contribution in [0.3, 0.4) is 0 Å². The highest BCUT2D eigenvalue weighted by Crippen LogP contribution is 2.35. The first-order chi connectivity index (χ1) is 6.32. The van der Waals surface area contributed by atoms with Crippen molar-refractivity contribution < 1.29 is 14.3 Å². The maximum absolute atomic E-state index is 11.5. The molecule has 0 fully saturated rings. The molecule has 1 aliphatic rings. The molecule has 0 N–H and O–H groups in total. The van der Waals surface area contributed by atoms with Gasteiger partial charge >= 0.3 is 5.97 Å². The molecule has 0 saturated heterocycles. The smallest absolute Gasteiger partial charge is 0.303 e. The van der Waals surface area contributed by atoms with E-state index < -0.39 is 0 Å². The van der Waals surface area contributed by atoms with E-state index in [4.69, 9.17) is 4.74 Å². The Morgan fingerprint density at radius 2 is 2.00 bits per heavy atom. The summed E-state index contributed by atoms with van der Waals surface area (Å²) in [6.45, 7) is 7.27. The van der Waals surface area contributed by atoms with E-state index in [1.807, 2.05) is 20.8 Å². The zero-order valence-electron chi connectivity index (χ0n) is 9.03. The minimum atomic E-state index is -0.389. The third-order valence-electron chi connectivity index (χ3n) is 2.32. The molecule has 0 radical (unpaired) electrons. The van der Waals surface area contributed by atoms with Gasteiger partial charge in [-0.25, -0.2) is 0 Å². The molecule has 0 aromatic rings. The summed E-state index contributed by atoms with van der Waals surface area (Å²) >= 11 is 0. The van der Waals surface area contributed by atoms with Crippen molar-refractivity contribution in [2.75, 3.05) is 0 Å². The summed E-state index contributed by atoms with van der Waals surface area (Å²) in [7, 11) is 0. The van der Waals surface area contributed by atoms with Crippen LogP contribution in [0.15, 0.2) is 12.2 Å². The summed E-state index contributed by atoms with van der Waals surface area (Å²) in [4.78, 5) is 22.3. The third-order valence-corrected chi connectivity index (χ3v) is 2.32. The number of allylic oxidation sites excluding steroid dienone is 1. The lowest BCUT2D eigenvalue weighted by Gasteiger charge is -2.30. The van der Waals surface area contributed by atoms with E-state index in [-0.39, 0.29) is 29.2 Å². The van der Waals surface area contributed by atoms with Gasteiger partial charge in [-0.05, 0) is 17.6 Å². The van der Waals surface area contributed by atoms with E-state index in [1.165, 1.54) is 13.0 Å². The second kappa shape index (κ2) is 3.56. The van der Waals surface area contributed by atoms with Crippen LogP contribution in [0.5, 0.6) is 0 Å². The molecule has 1 rings (SSSR count). The summed E-state index contributed by atoms with van der Waals surface area (Å²) in [6.07, 6.45) is 2.78. The monoisotopic (exact) mass is 196 g/mol. The van der Waals surface area contributed by atoms with Gasteiger partial charge in [0.05, 0.1) is 5.92 Å². The Morgan fingerprint density at radius 3 is 2.43 bits per heavy atom. The van der Waals surface area contributed by atoms with Crippen LogP contribution in [0.1, 0.15) is 27.7 Å². The van der Waals surface area contributed by atoms with Crippen molar-refractivity contribution in [1.29, 1.82) is 0 Å². The number of ketones is 1. The van der Waals surface area contributed by atoms with Crippen LogP contribution in [0.2, 0.25) is 0 Å². The molecule has 2 atom stereocenters. The number of esters is 1. The fraction of sp³-hybridized carbons (Fsp3) is 0.636. The zero-order valence-corrected chi connectivity index (χ0v) is 9.03. The Hall–Kier alpha value is -1.12. The van der Waals surface area contributed by atoms with Gasteiger partial charge in [-0.15, -0.1) is 0 Å². The van der Waals surface area contributed by atoms with Crippen molar-refractivity contribution in [2.24, 2.45) is 11.3 Å². The third kappa shape index (κ3) is 2.22. The standard InChI is InChI=1S/C11H16O3/c1-7(12)14-9-6-5-8(13)10(9)11(2,3)4/h5-6,9-10H,1-4H3/t9-,10-/m1/s1. The van der Waals surface area contributed by atoms with Gasteiger partial charge in [0.2, 0.25) is 0 Å². The van der Waals surface area contributed by atoms with Crippen LogP contribution in [-0.4, -0.2) is 17.9 Å². The Labute approximate surface area is 84.1 Å². The molecular weight excluding hydrogens is 180 g/mol. The SMILES string of the molecule is CC(=O)O[C@@H]1C=CC(=O)[C@H]1C(C)(C)C. The van der Waals surface area contributed by atoms with Crippen molar-refractivity contribution in [3.8, 4) is 0 Å². The Balaban J connectivity index is 2.81. The summed E-state index contributed by atoms with van der Waals surface area (Å²) in [5.74, 6) is -0.543. The van der Waals surface area contributed by atoms with Crippen LogP contribution in [0.25, 0.3) is 0 Å². The van der Waals surface area contributed by atoms with E-state index in [1.54, 1.807) is 6.08 Å². The number of hydrogen-bond donors (Lipinski definition) is 0. The Bertz CT molecular complexity index is 283. The van der Waals surface area contributed by atoms with Crippen molar-refractivity contribution >= 4 is 11.8 Å². The molecule has 14 heavy (non-hydrogen) atoms. The molecule has 3 heteroatoms. The van der Waals surface area contributed by atoms with Gasteiger partial charge in [0.1, 0.15) is 6.10 Å². The van der Waals surface area contributed by atoms with Crippen molar-refractivity contribution in [3.05, 3.63) is 12.2 Å². The predicted molar refractivity (Wildman–Crippen MR) is 52.6 cm³/mol. The molecule has 3 nitrogen and oxygen atoms in total. The maximum atomic E-state index is 11.5. The van der Waals surface area contributed by atoms with Crippen molar-refractivity contribution in [3.63, 3.8) is 0 Å². The number of carbonyl (C=O) groups is 2. The average molecular weight is 196 g/mol. The molecule has 0 saturated carbocycles. The summed E-state index contributed by atoms with van der Waals surface area (Å²) < 4.78 is 5.07. The zero-order chi connectivity index (χ0) is 10.9. The van der Waals surface area contributed by atoms with Crippen LogP contribution >= 0.6 is 0 Å². The Morgan fingerprint density at radius 1 is 1.43 bits per heavy atom. The highest BCUT2D eigenvalue weighted by molar-refractivity contribution is 5.95. The topological polar surface area (TPSA) is 43.4 Å². The van der Waals surface area contributed by atoms with E-state index in [0.29, 0.717) is 0 Å². The second-order valence-electron chi connectivity index (χ2n) is 4.68. The minimum absolute atomic E-state index is 0.0451. The highest BCUT2D eigenvalue weighted by Gasteiger charge is 2.40. The first-order valence-corrected chi connectivity index (χ1v) is 4.71. The number of rotatable bonds is 1. The molecule has 0 heterocycles. The molecule has 0 aromatic heterocycles. The predicted octanol–water partition coefficient (Wildman–Crippen LogP) is 1.72. The van der Waals surface area contributed by atoms with Crippen molar-refractivity contribution in [2.45, 2.75) is 33.8 Å². The van der Waals surface area contributed by atoms with E-state index in [2.05, 4.69) is 0 Å². The van der Waals surface area contributed by atoms with Gasteiger partial charge in [-0.3, -0.25) is 9.59 Å². The number of carbonyl (C=O) groups excluding carboxylic acids is 2. The number of ether oxygens (including phenoxy) is 1. The first kappa shape index (κ1) is 11.0. The van der Waals surface area contributed by atoms with Crippen LogP contribution in [0.4, 0.5) is 0 Å². The molecule has 0 unspecified atom stereocenters. The molecular formula is C11H16O3. The molecule has 0 aromatic carbocycles. The van der Waals surface area contributed by atoms with Gasteiger partial charge in [0.25, 0.3) is 0 Å². The molecule has 0 aliphatic heterocycles. The van der Waals surface area contributed by atoms with Gasteiger partial charge in [0.15, 0.2) is 5.78 Å². The Kier molecular flexibility index (Phi) is 2.79. The lowest BCUT2D eigenvalue weighted by molar-refractivity contribution is -0.149. The van der Waals surface area contributed by atoms with Gasteiger partial charge in [-0.1, -0.05) is 20.8 Å². The van der Waals surface area contributed by atoms with E-state index >= 15 is 0 Å². The van der Waals surface area contributed by atoms with Gasteiger partial charge in [0, 0.05) is 6.92 Å². The van der Waals surface area contributed by atoms with Crippen LogP contribution in [0, 0.1) is 11.3 Å². The minimum Gasteiger partial charge on any atom is -0.457 e. The molecule has 0 amide bonds. The molecule has 0 spiro atoms. The fourth-order valence-electron chi connectivity index (χ4n) is 1.78. The highest BCUT2D eigenvalue weighted by atomic mass is 16.5. The lowest BCUT2D eigenvalue weighted by atomic mass is 9.77. The fourth-order valence-corrected chi connectivity index (χ4v) is 1.78. The molecule has 0 bridgehead atoms. The number of hydrogen-bond acceptors (Lipinski definition) is 3. The summed E-state index contributed by atoms with van der Waals surface area (Å²) in [5, 5.41) is 0. The summed E-state index contributed by atoms with van der Waals surface area (Å²) in [5.41, 5.74) is -0.180. The lowest BCUT2D eigenvalue weighted by Crippen LogP contribution is -2.35. The second-order valence-corrected chi connectivity index (χ2v) is 4.68. The normalized spacial score (nSPS) is 26.7. The van der Waals surface area contributed by atoms with Gasteiger partial charge < -0.3 is 4.74 Å². The van der Waals surface area contributed by atoms with E-state index in [9.17, 15) is 9.59 Å².